The summed E-state index contributed by atoms with van der Waals surface area (Å²) in [6.45, 7) is 1.37. The number of thiophene rings is 1. The van der Waals surface area contributed by atoms with Gasteiger partial charge in [0.2, 0.25) is 0 Å². The smallest absolute Gasteiger partial charge is 0.176 e. The van der Waals surface area contributed by atoms with E-state index in [1.165, 1.54) is 0 Å². The van der Waals surface area contributed by atoms with Crippen LogP contribution in [0.25, 0.3) is 0 Å². The van der Waals surface area contributed by atoms with E-state index in [4.69, 9.17) is 9.47 Å². The largest absolute Gasteiger partial charge is 0.381 e. The van der Waals surface area contributed by atoms with Crippen LogP contribution in [0.5, 0.6) is 0 Å². The van der Waals surface area contributed by atoms with Gasteiger partial charge in [-0.25, -0.2) is 0 Å². The standard InChI is InChI=1S/C10H13FO2S/c1-12-10(2-4-13-5-3-10)8-6-9(11)14-7-8/h6-7H,2-5H2,1H3. The minimum Gasteiger partial charge on any atom is -0.381 e. The fourth-order valence-electron chi connectivity index (χ4n) is 1.86. The second kappa shape index (κ2) is 3.96. The first-order valence-electron chi connectivity index (χ1n) is 4.64. The third-order valence-electron chi connectivity index (χ3n) is 2.78. The number of methoxy groups -OCH3 is 1. The van der Waals surface area contributed by atoms with Gasteiger partial charge in [0.25, 0.3) is 0 Å². The van der Waals surface area contributed by atoms with Crippen molar-refractivity contribution in [2.45, 2.75) is 18.4 Å². The fourth-order valence-corrected chi connectivity index (χ4v) is 2.58. The van der Waals surface area contributed by atoms with Crippen molar-refractivity contribution >= 4 is 11.3 Å². The zero-order chi connectivity index (χ0) is 10.0. The van der Waals surface area contributed by atoms with Gasteiger partial charge >= 0.3 is 0 Å². The van der Waals surface area contributed by atoms with Gasteiger partial charge in [0.05, 0.1) is 5.60 Å². The molecule has 1 aliphatic heterocycles. The molecule has 0 amide bonds. The molecule has 1 aromatic rings. The first-order valence-corrected chi connectivity index (χ1v) is 5.52. The fraction of sp³-hybridized carbons (Fsp3) is 0.600. The van der Waals surface area contributed by atoms with Crippen molar-refractivity contribution < 1.29 is 13.9 Å². The number of halogens is 1. The molecular weight excluding hydrogens is 203 g/mol. The second-order valence-electron chi connectivity index (χ2n) is 3.45. The Balaban J connectivity index is 2.26. The molecule has 4 heteroatoms. The summed E-state index contributed by atoms with van der Waals surface area (Å²) in [6, 6.07) is 1.57. The van der Waals surface area contributed by atoms with Crippen LogP contribution in [0.4, 0.5) is 4.39 Å². The van der Waals surface area contributed by atoms with E-state index in [2.05, 4.69) is 0 Å². The Hall–Kier alpha value is -0.450. The molecule has 1 saturated heterocycles. The quantitative estimate of drug-likeness (QED) is 0.756. The number of ether oxygens (including phenoxy) is 2. The van der Waals surface area contributed by atoms with E-state index in [9.17, 15) is 4.39 Å². The molecular formula is C10H13FO2S. The van der Waals surface area contributed by atoms with Gasteiger partial charge in [-0.3, -0.25) is 0 Å². The third kappa shape index (κ3) is 1.69. The molecule has 14 heavy (non-hydrogen) atoms. The molecule has 78 valence electrons. The van der Waals surface area contributed by atoms with Crippen molar-refractivity contribution in [2.75, 3.05) is 20.3 Å². The highest BCUT2D eigenvalue weighted by atomic mass is 32.1. The molecule has 0 aromatic carbocycles. The Morgan fingerprint density at radius 2 is 2.21 bits per heavy atom. The molecule has 0 aliphatic carbocycles. The third-order valence-corrected chi connectivity index (χ3v) is 3.50. The molecule has 0 bridgehead atoms. The second-order valence-corrected chi connectivity index (χ2v) is 4.31. The van der Waals surface area contributed by atoms with Crippen LogP contribution in [0.2, 0.25) is 0 Å². The molecule has 0 radical (unpaired) electrons. The van der Waals surface area contributed by atoms with Crippen LogP contribution >= 0.6 is 11.3 Å². The summed E-state index contributed by atoms with van der Waals surface area (Å²) in [7, 11) is 1.68. The van der Waals surface area contributed by atoms with Crippen LogP contribution in [-0.4, -0.2) is 20.3 Å². The maximum Gasteiger partial charge on any atom is 0.176 e. The van der Waals surface area contributed by atoms with Gasteiger partial charge in [0, 0.05) is 33.2 Å². The van der Waals surface area contributed by atoms with E-state index in [-0.39, 0.29) is 10.7 Å². The molecule has 1 aromatic heterocycles. The SMILES string of the molecule is COC1(c2csc(F)c2)CCOCC1. The van der Waals surface area contributed by atoms with Crippen LogP contribution < -0.4 is 0 Å². The van der Waals surface area contributed by atoms with E-state index in [0.29, 0.717) is 13.2 Å². The summed E-state index contributed by atoms with van der Waals surface area (Å²) in [5, 5.41) is 1.69. The van der Waals surface area contributed by atoms with E-state index in [0.717, 1.165) is 29.7 Å². The predicted octanol–water partition coefficient (Wildman–Crippen LogP) is 2.54. The highest BCUT2D eigenvalue weighted by Gasteiger charge is 2.35. The first-order chi connectivity index (χ1) is 6.77. The molecule has 0 saturated carbocycles. The maximum atomic E-state index is 12.9. The van der Waals surface area contributed by atoms with Crippen LogP contribution in [0.15, 0.2) is 11.4 Å². The molecule has 2 rings (SSSR count). The monoisotopic (exact) mass is 216 g/mol. The van der Waals surface area contributed by atoms with E-state index in [1.807, 2.05) is 5.38 Å². The minimum atomic E-state index is -0.320. The number of hydrogen-bond donors (Lipinski definition) is 0. The average molecular weight is 216 g/mol. The lowest BCUT2D eigenvalue weighted by molar-refractivity contribution is -0.0946. The van der Waals surface area contributed by atoms with Gasteiger partial charge in [-0.05, 0) is 17.0 Å². The lowest BCUT2D eigenvalue weighted by Gasteiger charge is -2.35. The van der Waals surface area contributed by atoms with E-state index in [1.54, 1.807) is 13.2 Å². The average Bonchev–Trinajstić information content (AvgIpc) is 2.66. The summed E-state index contributed by atoms with van der Waals surface area (Å²) in [5.74, 6) is 0. The van der Waals surface area contributed by atoms with Crippen molar-refractivity contribution in [3.05, 3.63) is 22.1 Å². The summed E-state index contributed by atoms with van der Waals surface area (Å²) < 4.78 is 23.7. The Morgan fingerprint density at radius 1 is 1.50 bits per heavy atom. The van der Waals surface area contributed by atoms with Gasteiger partial charge in [-0.2, -0.15) is 4.39 Å². The Bertz CT molecular complexity index is 305. The zero-order valence-electron chi connectivity index (χ0n) is 8.09. The van der Waals surface area contributed by atoms with Crippen molar-refractivity contribution in [2.24, 2.45) is 0 Å². The van der Waals surface area contributed by atoms with Crippen LogP contribution in [0.3, 0.4) is 0 Å². The molecule has 1 fully saturated rings. The Kier molecular flexibility index (Phi) is 2.85. The summed E-state index contributed by atoms with van der Waals surface area (Å²) in [6.07, 6.45) is 1.61. The predicted molar refractivity (Wildman–Crippen MR) is 53.0 cm³/mol. The van der Waals surface area contributed by atoms with Crippen molar-refractivity contribution in [3.63, 3.8) is 0 Å². The van der Waals surface area contributed by atoms with E-state index >= 15 is 0 Å². The molecule has 2 nitrogen and oxygen atoms in total. The van der Waals surface area contributed by atoms with Crippen molar-refractivity contribution in [3.8, 4) is 0 Å². The van der Waals surface area contributed by atoms with Crippen LogP contribution in [-0.2, 0) is 15.1 Å². The Morgan fingerprint density at radius 3 is 2.71 bits per heavy atom. The lowest BCUT2D eigenvalue weighted by Crippen LogP contribution is -2.35. The highest BCUT2D eigenvalue weighted by Crippen LogP contribution is 2.37. The number of hydrogen-bond acceptors (Lipinski definition) is 3. The maximum absolute atomic E-state index is 12.9. The highest BCUT2D eigenvalue weighted by molar-refractivity contribution is 7.08. The zero-order valence-corrected chi connectivity index (χ0v) is 8.90. The Labute approximate surface area is 86.6 Å². The van der Waals surface area contributed by atoms with Gasteiger partial charge < -0.3 is 9.47 Å². The topological polar surface area (TPSA) is 18.5 Å². The summed E-state index contributed by atoms with van der Waals surface area (Å²) in [5.41, 5.74) is 0.629. The van der Waals surface area contributed by atoms with Gasteiger partial charge in [0.15, 0.2) is 5.13 Å². The van der Waals surface area contributed by atoms with Crippen LogP contribution in [0, 0.1) is 5.13 Å². The molecule has 0 atom stereocenters. The summed E-state index contributed by atoms with van der Waals surface area (Å²) in [4.78, 5) is 0. The molecule has 0 unspecified atom stereocenters. The normalized spacial score (nSPS) is 21.0. The molecule has 0 spiro atoms. The molecule has 2 heterocycles. The van der Waals surface area contributed by atoms with Gasteiger partial charge in [0.1, 0.15) is 0 Å². The minimum absolute atomic E-state index is 0.150. The molecule has 0 N–H and O–H groups in total. The van der Waals surface area contributed by atoms with E-state index < -0.39 is 0 Å². The van der Waals surface area contributed by atoms with Crippen molar-refractivity contribution in [1.82, 2.24) is 0 Å². The first kappa shape index (κ1) is 10.1. The van der Waals surface area contributed by atoms with Crippen molar-refractivity contribution in [1.29, 1.82) is 0 Å². The summed E-state index contributed by atoms with van der Waals surface area (Å²) >= 11 is 1.12. The van der Waals surface area contributed by atoms with Crippen LogP contribution in [0.1, 0.15) is 18.4 Å². The molecule has 1 aliphatic rings. The lowest BCUT2D eigenvalue weighted by atomic mass is 9.88. The van der Waals surface area contributed by atoms with Gasteiger partial charge in [-0.1, -0.05) is 0 Å². The number of rotatable bonds is 2. The van der Waals surface area contributed by atoms with Gasteiger partial charge in [-0.15, -0.1) is 11.3 Å².